The summed E-state index contributed by atoms with van der Waals surface area (Å²) in [5.41, 5.74) is 4.85. The van der Waals surface area contributed by atoms with Gasteiger partial charge in [-0.3, -0.25) is 14.4 Å². The molecule has 0 radical (unpaired) electrons. The van der Waals surface area contributed by atoms with E-state index in [0.717, 1.165) is 16.9 Å². The standard InChI is InChI=1S/C37H52N2O4S/c1-10-11-17-32(40)30(23-26-15-13-12-14-16-26)37(8,9)39-34(42)28(24-33(41)31(38)25-44-36(5,6)7)22-27-18-20-29(21-19-27)43-35(2,3)4/h1,12-16,18-21,28,30-31H,11,17,22-25,38H2,2-9H3,(H,39,42)/p+1/t28-,30+,31+/m1/s1. The molecule has 1 amide bonds. The lowest BCUT2D eigenvalue weighted by atomic mass is 9.78. The van der Waals surface area contributed by atoms with Gasteiger partial charge in [0.2, 0.25) is 5.91 Å². The Morgan fingerprint density at radius 1 is 0.886 bits per heavy atom. The molecule has 3 atom stereocenters. The van der Waals surface area contributed by atoms with Crippen molar-refractivity contribution in [1.82, 2.24) is 5.32 Å². The molecule has 0 aliphatic carbocycles. The number of hydrogen-bond acceptors (Lipinski definition) is 5. The number of carbonyl (C=O) groups excluding carboxylic acids is 3. The second kappa shape index (κ2) is 16.3. The molecule has 44 heavy (non-hydrogen) atoms. The van der Waals surface area contributed by atoms with Crippen molar-refractivity contribution in [3.63, 3.8) is 0 Å². The Balaban J connectivity index is 2.33. The number of ketones is 2. The van der Waals surface area contributed by atoms with E-state index in [9.17, 15) is 14.4 Å². The van der Waals surface area contributed by atoms with E-state index in [2.05, 4.69) is 37.7 Å². The molecule has 0 aliphatic rings. The Hall–Kier alpha value is -3.08. The third kappa shape index (κ3) is 13.3. The van der Waals surface area contributed by atoms with Gasteiger partial charge in [0.05, 0.1) is 5.75 Å². The lowest BCUT2D eigenvalue weighted by Crippen LogP contribution is -2.67. The van der Waals surface area contributed by atoms with Gasteiger partial charge in [0, 0.05) is 41.4 Å². The van der Waals surface area contributed by atoms with Gasteiger partial charge in [0.25, 0.3) is 0 Å². The van der Waals surface area contributed by atoms with Crippen LogP contribution in [-0.2, 0) is 27.2 Å². The summed E-state index contributed by atoms with van der Waals surface area (Å²) >= 11 is 1.69. The SMILES string of the molecule is C#CCCC(=O)[C@H](Cc1ccccc1)C(C)(C)NC(=O)[C@@H](CC(=O)[C@@H]([NH3+])CSC(C)(C)C)Cc1ccc(OC(C)(C)C)cc1. The van der Waals surface area contributed by atoms with E-state index >= 15 is 0 Å². The van der Waals surface area contributed by atoms with Gasteiger partial charge in [0.15, 0.2) is 11.8 Å². The van der Waals surface area contributed by atoms with Crippen LogP contribution in [0.3, 0.4) is 0 Å². The Labute approximate surface area is 269 Å². The first-order chi connectivity index (χ1) is 20.4. The number of quaternary nitrogens is 1. The second-order valence-electron chi connectivity index (χ2n) is 14.2. The van der Waals surface area contributed by atoms with Gasteiger partial charge in [0.1, 0.15) is 17.1 Å². The van der Waals surface area contributed by atoms with Gasteiger partial charge in [-0.25, -0.2) is 0 Å². The van der Waals surface area contributed by atoms with Crippen LogP contribution in [0.25, 0.3) is 0 Å². The first-order valence-electron chi connectivity index (χ1n) is 15.5. The Bertz CT molecular complexity index is 1270. The van der Waals surface area contributed by atoms with Crippen LogP contribution < -0.4 is 15.8 Å². The Morgan fingerprint density at radius 2 is 1.48 bits per heavy atom. The van der Waals surface area contributed by atoms with Gasteiger partial charge in [-0.1, -0.05) is 63.2 Å². The molecule has 0 heterocycles. The summed E-state index contributed by atoms with van der Waals surface area (Å²) in [6.07, 6.45) is 6.97. The van der Waals surface area contributed by atoms with Crippen LogP contribution in [0.1, 0.15) is 85.8 Å². The number of hydrogen-bond donors (Lipinski definition) is 2. The highest BCUT2D eigenvalue weighted by molar-refractivity contribution is 8.00. The number of ether oxygens (including phenoxy) is 1. The van der Waals surface area contributed by atoms with E-state index in [1.54, 1.807) is 11.8 Å². The van der Waals surface area contributed by atoms with Crippen molar-refractivity contribution in [2.45, 2.75) is 109 Å². The zero-order valence-corrected chi connectivity index (χ0v) is 28.8. The van der Waals surface area contributed by atoms with Crippen LogP contribution in [0.15, 0.2) is 54.6 Å². The maximum atomic E-state index is 14.0. The van der Waals surface area contributed by atoms with E-state index in [-0.39, 0.29) is 40.7 Å². The molecular weight excluding hydrogens is 568 g/mol. The fourth-order valence-corrected chi connectivity index (χ4v) is 5.83. The minimum Gasteiger partial charge on any atom is -0.488 e. The van der Waals surface area contributed by atoms with Crippen molar-refractivity contribution in [2.24, 2.45) is 11.8 Å². The van der Waals surface area contributed by atoms with Gasteiger partial charge < -0.3 is 15.8 Å². The molecule has 2 aromatic rings. The van der Waals surface area contributed by atoms with Crippen molar-refractivity contribution in [2.75, 3.05) is 5.75 Å². The molecule has 0 spiro atoms. The molecule has 0 saturated heterocycles. The fraction of sp³-hybridized carbons (Fsp3) is 0.541. The number of rotatable bonds is 16. The topological polar surface area (TPSA) is 100 Å². The Morgan fingerprint density at radius 3 is 2.02 bits per heavy atom. The summed E-state index contributed by atoms with van der Waals surface area (Å²) in [7, 11) is 0. The van der Waals surface area contributed by atoms with Crippen molar-refractivity contribution < 1.29 is 24.9 Å². The summed E-state index contributed by atoms with van der Waals surface area (Å²) in [5.74, 6) is 2.49. The predicted octanol–water partition coefficient (Wildman–Crippen LogP) is 5.86. The summed E-state index contributed by atoms with van der Waals surface area (Å²) in [6.45, 7) is 16.1. The second-order valence-corrected chi connectivity index (χ2v) is 16.0. The number of thioether (sulfide) groups is 1. The molecule has 2 aromatic carbocycles. The van der Waals surface area contributed by atoms with E-state index in [1.165, 1.54) is 0 Å². The zero-order valence-electron chi connectivity index (χ0n) is 28.0. The van der Waals surface area contributed by atoms with Gasteiger partial charge in [-0.15, -0.1) is 24.1 Å². The third-order valence-corrected chi connectivity index (χ3v) is 8.76. The van der Waals surface area contributed by atoms with Crippen molar-refractivity contribution >= 4 is 29.2 Å². The summed E-state index contributed by atoms with van der Waals surface area (Å²) in [4.78, 5) is 40.8. The van der Waals surface area contributed by atoms with Crippen molar-refractivity contribution in [3.8, 4) is 18.1 Å². The first kappa shape index (κ1) is 37.1. The number of nitrogens with one attached hydrogen (secondary N) is 1. The Kier molecular flexibility index (Phi) is 13.7. The molecule has 0 unspecified atom stereocenters. The number of terminal acetylenes is 1. The van der Waals surface area contributed by atoms with Crippen LogP contribution in [-0.4, -0.2) is 45.2 Å². The average Bonchev–Trinajstić information content (AvgIpc) is 2.92. The molecule has 0 fully saturated rings. The van der Waals surface area contributed by atoms with Gasteiger partial charge in [-0.2, -0.15) is 0 Å². The molecule has 4 N–H and O–H groups in total. The fourth-order valence-electron chi connectivity index (χ4n) is 4.94. The average molecular weight is 622 g/mol. The van der Waals surface area contributed by atoms with Crippen LogP contribution >= 0.6 is 11.8 Å². The number of benzene rings is 2. The first-order valence-corrected chi connectivity index (χ1v) is 16.5. The number of amides is 1. The molecule has 0 aromatic heterocycles. The van der Waals surface area contributed by atoms with E-state index in [4.69, 9.17) is 11.2 Å². The van der Waals surface area contributed by atoms with Crippen LogP contribution in [0.5, 0.6) is 5.75 Å². The molecule has 0 saturated carbocycles. The smallest absolute Gasteiger partial charge is 0.224 e. The van der Waals surface area contributed by atoms with Crippen molar-refractivity contribution in [3.05, 3.63) is 65.7 Å². The highest BCUT2D eigenvalue weighted by Crippen LogP contribution is 2.28. The predicted molar refractivity (Wildman–Crippen MR) is 181 cm³/mol. The minimum atomic E-state index is -0.879. The van der Waals surface area contributed by atoms with Crippen LogP contribution in [0.4, 0.5) is 0 Å². The number of Topliss-reactive ketones (excluding diaryl/α,β-unsaturated/α-hetero) is 2. The molecule has 2 rings (SSSR count). The quantitative estimate of drug-likeness (QED) is 0.229. The monoisotopic (exact) mass is 621 g/mol. The van der Waals surface area contributed by atoms with Crippen LogP contribution in [0.2, 0.25) is 0 Å². The van der Waals surface area contributed by atoms with E-state index in [1.807, 2.05) is 89.2 Å². The molecule has 240 valence electrons. The highest BCUT2D eigenvalue weighted by Gasteiger charge is 2.38. The molecule has 7 heteroatoms. The third-order valence-electron chi connectivity index (χ3n) is 7.32. The molecular formula is C37H53N2O4S+. The summed E-state index contributed by atoms with van der Waals surface area (Å²) in [6, 6.07) is 17.0. The largest absolute Gasteiger partial charge is 0.488 e. The maximum absolute atomic E-state index is 14.0. The minimum absolute atomic E-state index is 0.00756. The highest BCUT2D eigenvalue weighted by atomic mass is 32.2. The van der Waals surface area contributed by atoms with Crippen LogP contribution in [0, 0.1) is 24.2 Å². The lowest BCUT2D eigenvalue weighted by molar-refractivity contribution is -0.396. The lowest BCUT2D eigenvalue weighted by Gasteiger charge is -2.36. The van der Waals surface area contributed by atoms with E-state index in [0.29, 0.717) is 25.0 Å². The van der Waals surface area contributed by atoms with Gasteiger partial charge in [-0.05, 0) is 70.7 Å². The summed E-state index contributed by atoms with van der Waals surface area (Å²) < 4.78 is 5.97. The zero-order chi connectivity index (χ0) is 33.1. The summed E-state index contributed by atoms with van der Waals surface area (Å²) in [5, 5.41) is 3.18. The normalized spacial score (nSPS) is 14.2. The number of carbonyl (C=O) groups is 3. The maximum Gasteiger partial charge on any atom is 0.224 e. The van der Waals surface area contributed by atoms with Gasteiger partial charge >= 0.3 is 0 Å². The van der Waals surface area contributed by atoms with Crippen molar-refractivity contribution in [1.29, 1.82) is 0 Å². The molecule has 6 nitrogen and oxygen atoms in total. The van der Waals surface area contributed by atoms with E-state index < -0.39 is 23.4 Å². The molecule has 0 aliphatic heterocycles. The molecule has 0 bridgehead atoms.